The Hall–Kier alpha value is -0.550. The van der Waals surface area contributed by atoms with Gasteiger partial charge < -0.3 is 0 Å². The van der Waals surface area contributed by atoms with Gasteiger partial charge in [-0.3, -0.25) is 14.6 Å². The van der Waals surface area contributed by atoms with Crippen LogP contribution < -0.4 is 0 Å². The van der Waals surface area contributed by atoms with Crippen LogP contribution in [0.25, 0.3) is 0 Å². The Morgan fingerprint density at radius 2 is 2.45 bits per heavy atom. The molecule has 0 N–H and O–H groups in total. The Balaban J connectivity index is 2.22. The normalized spacial score (nSPS) is 25.4. The first kappa shape index (κ1) is 7.12. The highest BCUT2D eigenvalue weighted by Gasteiger charge is 2.30. The molecule has 0 unspecified atom stereocenters. The lowest BCUT2D eigenvalue weighted by Crippen LogP contribution is -2.43. The van der Waals surface area contributed by atoms with Gasteiger partial charge in [-0.1, -0.05) is 11.8 Å². The smallest absolute Gasteiger partial charge is 0.240 e. The van der Waals surface area contributed by atoms with Gasteiger partial charge in [0.1, 0.15) is 0 Å². The monoisotopic (exact) mass is 171 g/mol. The van der Waals surface area contributed by atoms with Crippen LogP contribution in [0.1, 0.15) is 0 Å². The predicted octanol–water partition coefficient (Wildman–Crippen LogP) is -0.222. The van der Waals surface area contributed by atoms with Gasteiger partial charge >= 0.3 is 0 Å². The molecule has 2 heterocycles. The number of amidine groups is 1. The molecular weight excluding hydrogens is 162 g/mol. The maximum Gasteiger partial charge on any atom is 0.240 e. The third kappa shape index (κ3) is 1.14. The molecule has 0 aromatic heterocycles. The van der Waals surface area contributed by atoms with Crippen molar-refractivity contribution in [2.24, 2.45) is 4.99 Å². The summed E-state index contributed by atoms with van der Waals surface area (Å²) < 4.78 is 0. The largest absolute Gasteiger partial charge is 0.277 e. The van der Waals surface area contributed by atoms with Crippen LogP contribution in [0.15, 0.2) is 4.99 Å². The van der Waals surface area contributed by atoms with Gasteiger partial charge in [-0.25, -0.2) is 4.99 Å². The van der Waals surface area contributed by atoms with E-state index in [9.17, 15) is 4.79 Å². The fourth-order valence-electron chi connectivity index (χ4n) is 1.13. The van der Waals surface area contributed by atoms with Gasteiger partial charge in [0.15, 0.2) is 5.17 Å². The average molecular weight is 171 g/mol. The molecule has 2 aliphatic heterocycles. The summed E-state index contributed by atoms with van der Waals surface area (Å²) >= 11 is 1.54. The first-order valence-corrected chi connectivity index (χ1v) is 4.42. The number of hydrogen-bond acceptors (Lipinski definition) is 4. The molecule has 2 rings (SSSR count). The molecule has 0 aromatic rings. The number of fused-ring (bicyclic) bond motifs is 1. The van der Waals surface area contributed by atoms with Crippen molar-refractivity contribution < 1.29 is 4.79 Å². The van der Waals surface area contributed by atoms with Crippen molar-refractivity contribution >= 4 is 22.8 Å². The Bertz CT molecular complexity index is 228. The topological polar surface area (TPSA) is 35.9 Å². The van der Waals surface area contributed by atoms with Crippen molar-refractivity contribution in [1.29, 1.82) is 0 Å². The number of thioether (sulfide) groups is 1. The summed E-state index contributed by atoms with van der Waals surface area (Å²) in [4.78, 5) is 19.1. The van der Waals surface area contributed by atoms with Crippen LogP contribution in [0.5, 0.6) is 0 Å². The van der Waals surface area contributed by atoms with Crippen LogP contribution in [-0.4, -0.2) is 47.0 Å². The van der Waals surface area contributed by atoms with Gasteiger partial charge in [-0.2, -0.15) is 0 Å². The van der Waals surface area contributed by atoms with Crippen LogP contribution in [-0.2, 0) is 4.79 Å². The predicted molar refractivity (Wildman–Crippen MR) is 44.2 cm³/mol. The average Bonchev–Trinajstić information content (AvgIpc) is 2.33. The molecule has 2 aliphatic rings. The lowest BCUT2D eigenvalue weighted by molar-refractivity contribution is -0.125. The molecule has 1 amide bonds. The molecule has 1 fully saturated rings. The summed E-state index contributed by atoms with van der Waals surface area (Å²) in [5.41, 5.74) is 0. The first-order valence-electron chi connectivity index (χ1n) is 3.43. The van der Waals surface area contributed by atoms with E-state index in [1.807, 2.05) is 11.9 Å². The quantitative estimate of drug-likeness (QED) is 0.505. The van der Waals surface area contributed by atoms with E-state index in [0.717, 1.165) is 5.17 Å². The summed E-state index contributed by atoms with van der Waals surface area (Å²) in [5, 5.41) is 0.896. The van der Waals surface area contributed by atoms with E-state index in [2.05, 4.69) is 4.99 Å². The SMILES string of the molecule is CN1CN=C2SCC(=O)N2C1. The third-order valence-corrected chi connectivity index (χ3v) is 2.69. The van der Waals surface area contributed by atoms with Crippen molar-refractivity contribution in [1.82, 2.24) is 9.80 Å². The molecule has 0 aromatic carbocycles. The second kappa shape index (κ2) is 2.49. The van der Waals surface area contributed by atoms with E-state index >= 15 is 0 Å². The number of carbonyl (C=O) groups excluding carboxylic acids is 1. The van der Waals surface area contributed by atoms with E-state index < -0.39 is 0 Å². The fourth-order valence-corrected chi connectivity index (χ4v) is 2.00. The minimum absolute atomic E-state index is 0.181. The van der Waals surface area contributed by atoms with E-state index in [-0.39, 0.29) is 5.91 Å². The zero-order chi connectivity index (χ0) is 7.84. The van der Waals surface area contributed by atoms with E-state index in [4.69, 9.17) is 0 Å². The highest BCUT2D eigenvalue weighted by Crippen LogP contribution is 2.21. The Labute approximate surface area is 69.3 Å². The molecular formula is C6H9N3OS. The first-order chi connectivity index (χ1) is 5.27. The maximum atomic E-state index is 11.2. The van der Waals surface area contributed by atoms with Crippen molar-refractivity contribution in [2.75, 3.05) is 26.1 Å². The Kier molecular flexibility index (Phi) is 1.61. The van der Waals surface area contributed by atoms with Crippen molar-refractivity contribution in [3.05, 3.63) is 0 Å². The van der Waals surface area contributed by atoms with Crippen molar-refractivity contribution in [3.63, 3.8) is 0 Å². The standard InChI is InChI=1S/C6H9N3OS/c1-8-3-7-6-9(4-8)5(10)2-11-6/h2-4H2,1H3. The summed E-state index contributed by atoms with van der Waals surface area (Å²) in [5.74, 6) is 0.743. The molecule has 0 aliphatic carbocycles. The maximum absolute atomic E-state index is 11.2. The fraction of sp³-hybridized carbons (Fsp3) is 0.667. The minimum Gasteiger partial charge on any atom is -0.277 e. The van der Waals surface area contributed by atoms with Gasteiger partial charge in [0, 0.05) is 0 Å². The van der Waals surface area contributed by atoms with Gasteiger partial charge in [-0.15, -0.1) is 0 Å². The summed E-state index contributed by atoms with van der Waals surface area (Å²) in [7, 11) is 1.95. The zero-order valence-corrected chi connectivity index (χ0v) is 7.10. The lowest BCUT2D eigenvalue weighted by atomic mass is 10.5. The number of rotatable bonds is 0. The molecule has 11 heavy (non-hydrogen) atoms. The van der Waals surface area contributed by atoms with Gasteiger partial charge in [0.05, 0.1) is 19.1 Å². The number of aliphatic imine (C=N–C) groups is 1. The van der Waals surface area contributed by atoms with Gasteiger partial charge in [0.2, 0.25) is 5.91 Å². The number of amides is 1. The highest BCUT2D eigenvalue weighted by molar-refractivity contribution is 8.15. The zero-order valence-electron chi connectivity index (χ0n) is 6.28. The molecule has 60 valence electrons. The number of hydrogen-bond donors (Lipinski definition) is 0. The van der Waals surface area contributed by atoms with E-state index in [1.165, 1.54) is 11.8 Å². The molecule has 0 radical (unpaired) electrons. The van der Waals surface area contributed by atoms with Crippen LogP contribution in [0.4, 0.5) is 0 Å². The van der Waals surface area contributed by atoms with Crippen LogP contribution in [0.3, 0.4) is 0 Å². The van der Waals surface area contributed by atoms with Crippen LogP contribution >= 0.6 is 11.8 Å². The minimum atomic E-state index is 0.181. The highest BCUT2D eigenvalue weighted by atomic mass is 32.2. The van der Waals surface area contributed by atoms with Crippen LogP contribution in [0, 0.1) is 0 Å². The summed E-state index contributed by atoms with van der Waals surface area (Å²) in [6, 6.07) is 0. The van der Waals surface area contributed by atoms with Gasteiger partial charge in [-0.05, 0) is 7.05 Å². The number of carbonyl (C=O) groups is 1. The lowest BCUT2D eigenvalue weighted by Gasteiger charge is -2.27. The molecule has 0 atom stereocenters. The molecule has 4 nitrogen and oxygen atoms in total. The Morgan fingerprint density at radius 1 is 1.64 bits per heavy atom. The Morgan fingerprint density at radius 3 is 3.27 bits per heavy atom. The second-order valence-electron chi connectivity index (χ2n) is 2.69. The van der Waals surface area contributed by atoms with Crippen LogP contribution in [0.2, 0.25) is 0 Å². The number of nitrogens with zero attached hydrogens (tertiary/aromatic N) is 3. The molecule has 0 spiro atoms. The van der Waals surface area contributed by atoms with Crippen molar-refractivity contribution in [2.45, 2.75) is 0 Å². The summed E-state index contributed by atoms with van der Waals surface area (Å²) in [6.45, 7) is 1.41. The van der Waals surface area contributed by atoms with Gasteiger partial charge in [0.25, 0.3) is 0 Å². The second-order valence-corrected chi connectivity index (χ2v) is 3.63. The van der Waals surface area contributed by atoms with E-state index in [1.54, 1.807) is 4.90 Å². The molecule has 0 saturated carbocycles. The molecule has 1 saturated heterocycles. The third-order valence-electron chi connectivity index (χ3n) is 1.69. The molecule has 5 heteroatoms. The molecule has 0 bridgehead atoms. The van der Waals surface area contributed by atoms with Crippen molar-refractivity contribution in [3.8, 4) is 0 Å². The summed E-state index contributed by atoms with van der Waals surface area (Å²) in [6.07, 6.45) is 0. The van der Waals surface area contributed by atoms with E-state index in [0.29, 0.717) is 19.1 Å².